The van der Waals surface area contributed by atoms with Crippen LogP contribution in [0.2, 0.25) is 0 Å². The van der Waals surface area contributed by atoms with Crippen LogP contribution < -0.4 is 11.1 Å². The molecule has 0 unspecified atom stereocenters. The quantitative estimate of drug-likeness (QED) is 0.763. The third-order valence-electron chi connectivity index (χ3n) is 5.04. The monoisotopic (exact) mass is 252 g/mol. The summed E-state index contributed by atoms with van der Waals surface area (Å²) < 4.78 is 0. The van der Waals surface area contributed by atoms with E-state index in [4.69, 9.17) is 5.73 Å². The summed E-state index contributed by atoms with van der Waals surface area (Å²) >= 11 is 0. The maximum atomic E-state index is 12.4. The molecule has 0 spiro atoms. The van der Waals surface area contributed by atoms with Gasteiger partial charge in [0.15, 0.2) is 0 Å². The van der Waals surface area contributed by atoms with Crippen molar-refractivity contribution in [3.05, 3.63) is 0 Å². The van der Waals surface area contributed by atoms with E-state index in [1.807, 2.05) is 0 Å². The largest absolute Gasteiger partial charge is 0.355 e. The zero-order chi connectivity index (χ0) is 13.1. The Morgan fingerprint density at radius 3 is 2.33 bits per heavy atom. The summed E-state index contributed by atoms with van der Waals surface area (Å²) in [5.74, 6) is 0.229. The molecule has 3 nitrogen and oxygen atoms in total. The molecule has 0 bridgehead atoms. The summed E-state index contributed by atoms with van der Waals surface area (Å²) in [5, 5.41) is 3.21. The van der Waals surface area contributed by atoms with Gasteiger partial charge in [-0.05, 0) is 37.5 Å². The van der Waals surface area contributed by atoms with Crippen molar-refractivity contribution in [1.29, 1.82) is 0 Å². The Kier molecular flexibility index (Phi) is 4.31. The van der Waals surface area contributed by atoms with Crippen LogP contribution in [0.5, 0.6) is 0 Å². The van der Waals surface area contributed by atoms with Gasteiger partial charge in [-0.1, -0.05) is 32.6 Å². The molecule has 2 rings (SSSR count). The topological polar surface area (TPSA) is 55.1 Å². The van der Waals surface area contributed by atoms with E-state index in [0.717, 1.165) is 32.2 Å². The molecule has 0 aliphatic heterocycles. The maximum Gasteiger partial charge on any atom is 0.227 e. The fourth-order valence-electron chi connectivity index (χ4n) is 3.43. The fraction of sp³-hybridized carbons (Fsp3) is 0.933. The second-order valence-electron chi connectivity index (χ2n) is 6.48. The van der Waals surface area contributed by atoms with Gasteiger partial charge >= 0.3 is 0 Å². The SMILES string of the molecule is CCCC1(CNC(=O)C2(CN)CCCCC2)CC1. The highest BCUT2D eigenvalue weighted by atomic mass is 16.2. The number of carbonyl (C=O) groups excluding carboxylic acids is 1. The van der Waals surface area contributed by atoms with Crippen LogP contribution in [-0.4, -0.2) is 19.0 Å². The van der Waals surface area contributed by atoms with Crippen molar-refractivity contribution in [2.75, 3.05) is 13.1 Å². The van der Waals surface area contributed by atoms with Crippen molar-refractivity contribution in [3.8, 4) is 0 Å². The highest BCUT2D eigenvalue weighted by molar-refractivity contribution is 5.83. The third kappa shape index (κ3) is 2.87. The average Bonchev–Trinajstić information content (AvgIpc) is 3.17. The van der Waals surface area contributed by atoms with Crippen LogP contribution >= 0.6 is 0 Å². The molecular formula is C15H28N2O. The first-order chi connectivity index (χ1) is 8.66. The normalized spacial score (nSPS) is 24.6. The summed E-state index contributed by atoms with van der Waals surface area (Å²) in [5.41, 5.74) is 6.08. The average molecular weight is 252 g/mol. The smallest absolute Gasteiger partial charge is 0.227 e. The van der Waals surface area contributed by atoms with Crippen LogP contribution in [0.3, 0.4) is 0 Å². The molecule has 0 saturated heterocycles. The molecule has 2 fully saturated rings. The molecule has 3 N–H and O–H groups in total. The molecule has 104 valence electrons. The summed E-state index contributed by atoms with van der Waals surface area (Å²) in [6, 6.07) is 0. The lowest BCUT2D eigenvalue weighted by atomic mass is 9.73. The number of hydrogen-bond acceptors (Lipinski definition) is 2. The van der Waals surface area contributed by atoms with E-state index in [1.54, 1.807) is 0 Å². The summed E-state index contributed by atoms with van der Waals surface area (Å²) in [7, 11) is 0. The lowest BCUT2D eigenvalue weighted by molar-refractivity contribution is -0.132. The van der Waals surface area contributed by atoms with Gasteiger partial charge in [-0.25, -0.2) is 0 Å². The number of carbonyl (C=O) groups is 1. The van der Waals surface area contributed by atoms with E-state index < -0.39 is 0 Å². The predicted octanol–water partition coefficient (Wildman–Crippen LogP) is 2.59. The lowest BCUT2D eigenvalue weighted by Gasteiger charge is -2.35. The molecule has 0 aromatic heterocycles. The second-order valence-corrected chi connectivity index (χ2v) is 6.48. The van der Waals surface area contributed by atoms with E-state index in [-0.39, 0.29) is 11.3 Å². The maximum absolute atomic E-state index is 12.4. The van der Waals surface area contributed by atoms with Gasteiger partial charge in [0.05, 0.1) is 5.41 Å². The van der Waals surface area contributed by atoms with Gasteiger partial charge < -0.3 is 11.1 Å². The van der Waals surface area contributed by atoms with Crippen LogP contribution in [0.4, 0.5) is 0 Å². The highest BCUT2D eigenvalue weighted by Gasteiger charge is 2.44. The van der Waals surface area contributed by atoms with Crippen LogP contribution in [0.1, 0.15) is 64.7 Å². The number of rotatable bonds is 6. The van der Waals surface area contributed by atoms with Crippen LogP contribution in [0, 0.1) is 10.8 Å². The zero-order valence-corrected chi connectivity index (χ0v) is 11.8. The van der Waals surface area contributed by atoms with Crippen molar-refractivity contribution in [1.82, 2.24) is 5.32 Å². The molecule has 0 radical (unpaired) electrons. The van der Waals surface area contributed by atoms with Crippen LogP contribution in [-0.2, 0) is 4.79 Å². The van der Waals surface area contributed by atoms with E-state index in [1.165, 1.54) is 32.1 Å². The Labute approximate surface area is 111 Å². The van der Waals surface area contributed by atoms with Gasteiger partial charge in [0, 0.05) is 13.1 Å². The summed E-state index contributed by atoms with van der Waals surface area (Å²) in [4.78, 5) is 12.4. The standard InChI is InChI=1S/C15H28N2O/c1-2-6-14(9-10-14)12-17-13(18)15(11-16)7-4-3-5-8-15/h2-12,16H2,1H3,(H,17,18). The van der Waals surface area contributed by atoms with Crippen molar-refractivity contribution in [2.24, 2.45) is 16.6 Å². The molecule has 2 saturated carbocycles. The Bertz CT molecular complexity index is 291. The molecule has 0 heterocycles. The van der Waals surface area contributed by atoms with E-state index >= 15 is 0 Å². The zero-order valence-electron chi connectivity index (χ0n) is 11.8. The third-order valence-corrected chi connectivity index (χ3v) is 5.04. The molecule has 0 aromatic carbocycles. The highest BCUT2D eigenvalue weighted by Crippen LogP contribution is 2.49. The van der Waals surface area contributed by atoms with Crippen molar-refractivity contribution in [3.63, 3.8) is 0 Å². The molecule has 0 aromatic rings. The first-order valence-corrected chi connectivity index (χ1v) is 7.65. The minimum absolute atomic E-state index is 0.229. The second kappa shape index (κ2) is 5.60. The van der Waals surface area contributed by atoms with Gasteiger partial charge in [-0.15, -0.1) is 0 Å². The van der Waals surface area contributed by atoms with E-state index in [9.17, 15) is 4.79 Å². The Hall–Kier alpha value is -0.570. The van der Waals surface area contributed by atoms with Gasteiger partial charge in [-0.3, -0.25) is 4.79 Å². The van der Waals surface area contributed by atoms with E-state index in [0.29, 0.717) is 12.0 Å². The Balaban J connectivity index is 1.86. The van der Waals surface area contributed by atoms with Gasteiger partial charge in [-0.2, -0.15) is 0 Å². The summed E-state index contributed by atoms with van der Waals surface area (Å²) in [6.45, 7) is 3.62. The molecule has 3 heteroatoms. The summed E-state index contributed by atoms with van der Waals surface area (Å²) in [6.07, 6.45) is 10.6. The van der Waals surface area contributed by atoms with Gasteiger partial charge in [0.2, 0.25) is 5.91 Å². The molecule has 18 heavy (non-hydrogen) atoms. The molecular weight excluding hydrogens is 224 g/mol. The van der Waals surface area contributed by atoms with Gasteiger partial charge in [0.1, 0.15) is 0 Å². The fourth-order valence-corrected chi connectivity index (χ4v) is 3.43. The van der Waals surface area contributed by atoms with E-state index in [2.05, 4.69) is 12.2 Å². The first-order valence-electron chi connectivity index (χ1n) is 7.65. The number of nitrogens with one attached hydrogen (secondary N) is 1. The minimum Gasteiger partial charge on any atom is -0.355 e. The number of amides is 1. The molecule has 2 aliphatic carbocycles. The van der Waals surface area contributed by atoms with Crippen LogP contribution in [0.15, 0.2) is 0 Å². The first kappa shape index (κ1) is 13.9. The lowest BCUT2D eigenvalue weighted by Crippen LogP contribution is -2.48. The van der Waals surface area contributed by atoms with Gasteiger partial charge in [0.25, 0.3) is 0 Å². The van der Waals surface area contributed by atoms with Crippen molar-refractivity contribution < 1.29 is 4.79 Å². The number of nitrogens with two attached hydrogens (primary N) is 1. The Morgan fingerprint density at radius 1 is 1.17 bits per heavy atom. The Morgan fingerprint density at radius 2 is 1.83 bits per heavy atom. The molecule has 1 amide bonds. The van der Waals surface area contributed by atoms with Crippen molar-refractivity contribution >= 4 is 5.91 Å². The number of hydrogen-bond donors (Lipinski definition) is 2. The predicted molar refractivity (Wildman–Crippen MR) is 74.2 cm³/mol. The molecule has 2 aliphatic rings. The van der Waals surface area contributed by atoms with Crippen LogP contribution in [0.25, 0.3) is 0 Å². The minimum atomic E-state index is -0.249. The van der Waals surface area contributed by atoms with Crippen molar-refractivity contribution in [2.45, 2.75) is 64.7 Å². The molecule has 0 atom stereocenters.